The molecule has 0 aliphatic heterocycles. The fourth-order valence-electron chi connectivity index (χ4n) is 3.31. The highest BCUT2D eigenvalue weighted by atomic mass is 16.5. The van der Waals surface area contributed by atoms with Crippen molar-refractivity contribution in [2.75, 3.05) is 13.7 Å². The van der Waals surface area contributed by atoms with Gasteiger partial charge >= 0.3 is 5.97 Å². The van der Waals surface area contributed by atoms with Crippen molar-refractivity contribution >= 4 is 17.5 Å². The van der Waals surface area contributed by atoms with E-state index in [1.165, 1.54) is 7.11 Å². The molecule has 0 atom stereocenters. The van der Waals surface area contributed by atoms with Crippen LogP contribution in [0.5, 0.6) is 11.5 Å². The number of carbonyl (C=O) groups is 3. The molecule has 0 saturated carbocycles. The van der Waals surface area contributed by atoms with E-state index in [0.29, 0.717) is 30.8 Å². The van der Waals surface area contributed by atoms with Crippen LogP contribution in [0, 0.1) is 0 Å². The number of carbonyl (C=O) groups excluding carboxylic acids is 3. The van der Waals surface area contributed by atoms with Gasteiger partial charge in [0.1, 0.15) is 11.5 Å². The zero-order valence-corrected chi connectivity index (χ0v) is 15.2. The number of aromatic hydroxyl groups is 1. The summed E-state index contributed by atoms with van der Waals surface area (Å²) in [6.07, 6.45) is 1.07. The lowest BCUT2D eigenvalue weighted by molar-refractivity contribution is -0.143. The molecule has 140 valence electrons. The summed E-state index contributed by atoms with van der Waals surface area (Å²) in [6.45, 7) is 2.06. The van der Waals surface area contributed by atoms with Crippen molar-refractivity contribution in [1.82, 2.24) is 0 Å². The van der Waals surface area contributed by atoms with Gasteiger partial charge in [0.05, 0.1) is 24.8 Å². The molecule has 0 aromatic heterocycles. The minimum absolute atomic E-state index is 0.00867. The number of benzene rings is 2. The van der Waals surface area contributed by atoms with Gasteiger partial charge in [0.15, 0.2) is 5.78 Å². The maximum absolute atomic E-state index is 13.0. The van der Waals surface area contributed by atoms with Gasteiger partial charge in [0, 0.05) is 17.5 Å². The average molecular weight is 368 g/mol. The third-order valence-electron chi connectivity index (χ3n) is 4.58. The largest absolute Gasteiger partial charge is 0.507 e. The van der Waals surface area contributed by atoms with Gasteiger partial charge in [-0.3, -0.25) is 14.4 Å². The fraction of sp³-hybridized carbons (Fsp3) is 0.286. The third-order valence-corrected chi connectivity index (χ3v) is 4.58. The second-order valence-corrected chi connectivity index (χ2v) is 6.20. The SMILES string of the molecule is CCOC(=O)CCCc1ccc2c(c1O)C(=O)c1c(OC)cccc1C2=O. The molecule has 1 N–H and O–H groups in total. The Labute approximate surface area is 156 Å². The highest BCUT2D eigenvalue weighted by Crippen LogP contribution is 2.38. The lowest BCUT2D eigenvalue weighted by Crippen LogP contribution is -2.22. The normalized spacial score (nSPS) is 12.4. The van der Waals surface area contributed by atoms with E-state index in [-0.39, 0.29) is 46.2 Å². The molecule has 0 radical (unpaired) electrons. The number of methoxy groups -OCH3 is 1. The van der Waals surface area contributed by atoms with Crippen LogP contribution in [-0.4, -0.2) is 36.4 Å². The van der Waals surface area contributed by atoms with E-state index in [9.17, 15) is 19.5 Å². The summed E-state index contributed by atoms with van der Waals surface area (Å²) >= 11 is 0. The van der Waals surface area contributed by atoms with Crippen molar-refractivity contribution in [3.05, 3.63) is 58.1 Å². The van der Waals surface area contributed by atoms with Crippen LogP contribution in [-0.2, 0) is 16.0 Å². The number of phenols is 1. The van der Waals surface area contributed by atoms with Gasteiger partial charge in [0.2, 0.25) is 5.78 Å². The molecule has 27 heavy (non-hydrogen) atoms. The second kappa shape index (κ2) is 7.61. The standard InChI is InChI=1S/C21H20O6/c1-3-27-16(22)9-4-6-12-10-11-14-18(19(12)23)21(25)17-13(20(14)24)7-5-8-15(17)26-2/h5,7-8,10-11,23H,3-4,6,9H2,1-2H3. The molecule has 2 aromatic rings. The van der Waals surface area contributed by atoms with E-state index >= 15 is 0 Å². The average Bonchev–Trinajstić information content (AvgIpc) is 2.66. The molecule has 0 unspecified atom stereocenters. The van der Waals surface area contributed by atoms with E-state index in [4.69, 9.17) is 9.47 Å². The molecule has 2 aromatic carbocycles. The van der Waals surface area contributed by atoms with Gasteiger partial charge in [-0.1, -0.05) is 18.2 Å². The number of hydrogen-bond acceptors (Lipinski definition) is 6. The highest BCUT2D eigenvalue weighted by molar-refractivity contribution is 6.30. The summed E-state index contributed by atoms with van der Waals surface area (Å²) in [6, 6.07) is 8.01. The Hall–Kier alpha value is -3.15. The van der Waals surface area contributed by atoms with Crippen LogP contribution >= 0.6 is 0 Å². The molecule has 0 saturated heterocycles. The van der Waals surface area contributed by atoms with Crippen molar-refractivity contribution < 1.29 is 29.0 Å². The molecule has 0 amide bonds. The molecule has 3 rings (SSSR count). The zero-order chi connectivity index (χ0) is 19.6. The van der Waals surface area contributed by atoms with Crippen LogP contribution < -0.4 is 4.74 Å². The summed E-state index contributed by atoms with van der Waals surface area (Å²) in [5.41, 5.74) is 1.10. The van der Waals surface area contributed by atoms with Crippen LogP contribution in [0.1, 0.15) is 57.2 Å². The molecule has 0 fully saturated rings. The Morgan fingerprint density at radius 2 is 1.78 bits per heavy atom. The Morgan fingerprint density at radius 1 is 1.04 bits per heavy atom. The van der Waals surface area contributed by atoms with Crippen LogP contribution in [0.3, 0.4) is 0 Å². The molecular weight excluding hydrogens is 348 g/mol. The number of fused-ring (bicyclic) bond motifs is 2. The van der Waals surface area contributed by atoms with E-state index in [1.54, 1.807) is 37.3 Å². The third kappa shape index (κ3) is 3.30. The quantitative estimate of drug-likeness (QED) is 0.673. The number of phenolic OH excluding ortho intramolecular Hbond substituents is 1. The summed E-state index contributed by atoms with van der Waals surface area (Å²) in [5.74, 6) is -0.997. The van der Waals surface area contributed by atoms with Gasteiger partial charge < -0.3 is 14.6 Å². The van der Waals surface area contributed by atoms with E-state index in [1.807, 2.05) is 0 Å². The minimum atomic E-state index is -0.443. The van der Waals surface area contributed by atoms with Crippen LogP contribution in [0.25, 0.3) is 0 Å². The highest BCUT2D eigenvalue weighted by Gasteiger charge is 2.35. The molecule has 1 aliphatic carbocycles. The maximum atomic E-state index is 13.0. The van der Waals surface area contributed by atoms with Crippen LogP contribution in [0.2, 0.25) is 0 Å². The van der Waals surface area contributed by atoms with Crippen LogP contribution in [0.4, 0.5) is 0 Å². The van der Waals surface area contributed by atoms with Gasteiger partial charge in [-0.05, 0) is 37.5 Å². The second-order valence-electron chi connectivity index (χ2n) is 6.20. The lowest BCUT2D eigenvalue weighted by Gasteiger charge is -2.21. The van der Waals surface area contributed by atoms with E-state index in [0.717, 1.165) is 0 Å². The number of ether oxygens (including phenoxy) is 2. The van der Waals surface area contributed by atoms with Crippen molar-refractivity contribution in [2.45, 2.75) is 26.2 Å². The molecule has 0 heterocycles. The number of esters is 1. The van der Waals surface area contributed by atoms with Gasteiger partial charge in [0.25, 0.3) is 0 Å². The van der Waals surface area contributed by atoms with Crippen molar-refractivity contribution in [1.29, 1.82) is 0 Å². The van der Waals surface area contributed by atoms with E-state index in [2.05, 4.69) is 0 Å². The van der Waals surface area contributed by atoms with Gasteiger partial charge in [-0.15, -0.1) is 0 Å². The van der Waals surface area contributed by atoms with Gasteiger partial charge in [-0.25, -0.2) is 0 Å². The Balaban J connectivity index is 1.94. The first-order valence-electron chi connectivity index (χ1n) is 8.76. The predicted molar refractivity (Wildman–Crippen MR) is 97.5 cm³/mol. The lowest BCUT2D eigenvalue weighted by atomic mass is 9.82. The topological polar surface area (TPSA) is 89.9 Å². The minimum Gasteiger partial charge on any atom is -0.507 e. The predicted octanol–water partition coefficient (Wildman–Crippen LogP) is 3.06. The number of hydrogen-bond donors (Lipinski definition) is 1. The van der Waals surface area contributed by atoms with Crippen molar-refractivity contribution in [2.24, 2.45) is 0 Å². The van der Waals surface area contributed by atoms with Crippen LogP contribution in [0.15, 0.2) is 30.3 Å². The first-order chi connectivity index (χ1) is 13.0. The maximum Gasteiger partial charge on any atom is 0.305 e. The summed E-state index contributed by atoms with van der Waals surface area (Å²) < 4.78 is 10.1. The summed E-state index contributed by atoms with van der Waals surface area (Å²) in [4.78, 5) is 37.2. The fourth-order valence-corrected chi connectivity index (χ4v) is 3.31. The smallest absolute Gasteiger partial charge is 0.305 e. The number of aryl methyl sites for hydroxylation is 1. The first-order valence-corrected chi connectivity index (χ1v) is 8.76. The van der Waals surface area contributed by atoms with Crippen molar-refractivity contribution in [3.63, 3.8) is 0 Å². The number of rotatable bonds is 6. The zero-order valence-electron chi connectivity index (χ0n) is 15.2. The summed E-state index contributed by atoms with van der Waals surface area (Å²) in [5, 5.41) is 10.7. The first kappa shape index (κ1) is 18.6. The molecule has 6 heteroatoms. The Bertz CT molecular complexity index is 929. The molecule has 1 aliphatic rings. The summed E-state index contributed by atoms with van der Waals surface area (Å²) in [7, 11) is 1.43. The monoisotopic (exact) mass is 368 g/mol. The Kier molecular flexibility index (Phi) is 5.26. The Morgan fingerprint density at radius 3 is 2.48 bits per heavy atom. The molecular formula is C21H20O6. The van der Waals surface area contributed by atoms with Gasteiger partial charge in [-0.2, -0.15) is 0 Å². The van der Waals surface area contributed by atoms with E-state index < -0.39 is 5.78 Å². The molecule has 0 spiro atoms. The molecule has 6 nitrogen and oxygen atoms in total. The number of ketones is 2. The molecule has 0 bridgehead atoms. The van der Waals surface area contributed by atoms with Crippen molar-refractivity contribution in [3.8, 4) is 11.5 Å².